The highest BCUT2D eigenvalue weighted by atomic mass is 16.5. The number of rotatable bonds is 6. The number of benzene rings is 2. The SMILES string of the molecule is COC(=O)c1c(OCC2CC(=O)N(C)C2)cc(=O)n2c1CCN(Cc1ccc3ccccc3c1)CC2. The lowest BCUT2D eigenvalue weighted by Crippen LogP contribution is -2.29. The molecule has 1 saturated heterocycles. The van der Waals surface area contributed by atoms with Crippen molar-refractivity contribution in [1.29, 1.82) is 0 Å². The fraction of sp³-hybridized carbons (Fsp3) is 0.393. The van der Waals surface area contributed by atoms with Gasteiger partial charge in [0.15, 0.2) is 0 Å². The zero-order valence-electron chi connectivity index (χ0n) is 20.7. The molecule has 1 fully saturated rings. The van der Waals surface area contributed by atoms with Crippen molar-refractivity contribution in [3.05, 3.63) is 75.7 Å². The number of hydrogen-bond acceptors (Lipinski definition) is 6. The molecule has 3 aromatic rings. The predicted molar refractivity (Wildman–Crippen MR) is 136 cm³/mol. The first-order chi connectivity index (χ1) is 17.4. The number of carbonyl (C=O) groups is 2. The van der Waals surface area contributed by atoms with Gasteiger partial charge in [0.2, 0.25) is 5.91 Å². The third kappa shape index (κ3) is 4.86. The highest BCUT2D eigenvalue weighted by Gasteiger charge is 2.30. The minimum absolute atomic E-state index is 0.0204. The van der Waals surface area contributed by atoms with Crippen molar-refractivity contribution in [2.45, 2.75) is 25.9 Å². The number of hydrogen-bond donors (Lipinski definition) is 0. The number of carbonyl (C=O) groups excluding carboxylic acids is 2. The Kier molecular flexibility index (Phi) is 6.78. The first-order valence-electron chi connectivity index (χ1n) is 12.3. The lowest BCUT2D eigenvalue weighted by atomic mass is 10.1. The van der Waals surface area contributed by atoms with E-state index in [1.165, 1.54) is 29.5 Å². The average molecular weight is 490 g/mol. The van der Waals surface area contributed by atoms with Crippen LogP contribution in [0.3, 0.4) is 0 Å². The standard InChI is InChI=1S/C28H31N3O5/c1-29-16-20(14-25(29)32)18-36-24-15-26(33)31-12-11-30(10-9-23(31)27(24)28(34)35-2)17-19-7-8-21-5-3-4-6-22(21)13-19/h3-8,13,15,20H,9-12,14,16-18H2,1-2H3. The van der Waals surface area contributed by atoms with Gasteiger partial charge < -0.3 is 18.9 Å². The van der Waals surface area contributed by atoms with Crippen molar-refractivity contribution in [3.63, 3.8) is 0 Å². The molecule has 188 valence electrons. The summed E-state index contributed by atoms with van der Waals surface area (Å²) in [7, 11) is 3.10. The Balaban J connectivity index is 1.37. The molecule has 0 N–H and O–H groups in total. The number of ether oxygens (including phenoxy) is 2. The van der Waals surface area contributed by atoms with Gasteiger partial charge in [-0.2, -0.15) is 0 Å². The van der Waals surface area contributed by atoms with Crippen LogP contribution in [-0.4, -0.2) is 66.6 Å². The maximum atomic E-state index is 13.1. The van der Waals surface area contributed by atoms with Gasteiger partial charge in [-0.05, 0) is 22.4 Å². The first-order valence-corrected chi connectivity index (χ1v) is 12.3. The lowest BCUT2D eigenvalue weighted by molar-refractivity contribution is -0.126. The first kappa shape index (κ1) is 24.1. The molecule has 0 spiro atoms. The highest BCUT2D eigenvalue weighted by molar-refractivity contribution is 5.93. The fourth-order valence-corrected chi connectivity index (χ4v) is 5.26. The van der Waals surface area contributed by atoms with Crippen LogP contribution in [0.25, 0.3) is 10.8 Å². The normalized spacial score (nSPS) is 18.2. The molecular weight excluding hydrogens is 458 g/mol. The van der Waals surface area contributed by atoms with E-state index in [0.717, 1.165) is 6.54 Å². The summed E-state index contributed by atoms with van der Waals surface area (Å²) in [6.07, 6.45) is 0.923. The molecule has 8 heteroatoms. The van der Waals surface area contributed by atoms with E-state index in [1.807, 2.05) is 12.1 Å². The molecule has 0 saturated carbocycles. The smallest absolute Gasteiger partial charge is 0.343 e. The third-order valence-corrected chi connectivity index (χ3v) is 7.19. The molecule has 1 amide bonds. The summed E-state index contributed by atoms with van der Waals surface area (Å²) in [5, 5.41) is 2.41. The van der Waals surface area contributed by atoms with Gasteiger partial charge in [0.05, 0.1) is 13.7 Å². The molecule has 36 heavy (non-hydrogen) atoms. The van der Waals surface area contributed by atoms with Crippen LogP contribution in [-0.2, 0) is 29.0 Å². The predicted octanol–water partition coefficient (Wildman–Crippen LogP) is 2.70. The van der Waals surface area contributed by atoms with Crippen molar-refractivity contribution < 1.29 is 19.1 Å². The zero-order valence-corrected chi connectivity index (χ0v) is 20.7. The number of esters is 1. The lowest BCUT2D eigenvalue weighted by Gasteiger charge is -2.19. The van der Waals surface area contributed by atoms with E-state index in [0.29, 0.717) is 50.3 Å². The minimum atomic E-state index is -0.517. The van der Waals surface area contributed by atoms with Gasteiger partial charge in [-0.15, -0.1) is 0 Å². The Bertz CT molecular complexity index is 1370. The van der Waals surface area contributed by atoms with Gasteiger partial charge in [0, 0.05) is 70.3 Å². The molecular formula is C28H31N3O5. The third-order valence-electron chi connectivity index (χ3n) is 7.19. The van der Waals surface area contributed by atoms with Crippen molar-refractivity contribution in [1.82, 2.24) is 14.4 Å². The van der Waals surface area contributed by atoms with E-state index in [2.05, 4.69) is 35.2 Å². The summed E-state index contributed by atoms with van der Waals surface area (Å²) in [5.41, 5.74) is 1.97. The van der Waals surface area contributed by atoms with Crippen molar-refractivity contribution in [3.8, 4) is 5.75 Å². The summed E-state index contributed by atoms with van der Waals surface area (Å²) in [5.74, 6) is -0.184. The van der Waals surface area contributed by atoms with Crippen molar-refractivity contribution in [2.75, 3.05) is 40.4 Å². The molecule has 3 heterocycles. The topological polar surface area (TPSA) is 81.1 Å². The second kappa shape index (κ2) is 10.1. The molecule has 1 unspecified atom stereocenters. The van der Waals surface area contributed by atoms with E-state index in [-0.39, 0.29) is 29.7 Å². The highest BCUT2D eigenvalue weighted by Crippen LogP contribution is 2.26. The average Bonchev–Trinajstić information content (AvgIpc) is 3.06. The van der Waals surface area contributed by atoms with Gasteiger partial charge in [0.25, 0.3) is 5.56 Å². The fourth-order valence-electron chi connectivity index (χ4n) is 5.26. The van der Waals surface area contributed by atoms with E-state index >= 15 is 0 Å². The van der Waals surface area contributed by atoms with Crippen LogP contribution in [0.1, 0.15) is 28.0 Å². The number of methoxy groups -OCH3 is 1. The molecule has 0 aliphatic carbocycles. The number of aromatic nitrogens is 1. The van der Waals surface area contributed by atoms with Crippen LogP contribution < -0.4 is 10.3 Å². The van der Waals surface area contributed by atoms with Crippen molar-refractivity contribution in [2.24, 2.45) is 5.92 Å². The Morgan fingerprint density at radius 3 is 2.58 bits per heavy atom. The number of amides is 1. The molecule has 2 aromatic carbocycles. The molecule has 5 rings (SSSR count). The van der Waals surface area contributed by atoms with Gasteiger partial charge >= 0.3 is 5.97 Å². The summed E-state index contributed by atoms with van der Waals surface area (Å²) in [4.78, 5) is 41.7. The van der Waals surface area contributed by atoms with E-state index in [4.69, 9.17) is 9.47 Å². The molecule has 0 radical (unpaired) electrons. The Morgan fingerprint density at radius 1 is 1.03 bits per heavy atom. The number of fused-ring (bicyclic) bond motifs is 2. The van der Waals surface area contributed by atoms with Crippen LogP contribution >= 0.6 is 0 Å². The van der Waals surface area contributed by atoms with E-state index in [9.17, 15) is 14.4 Å². The maximum absolute atomic E-state index is 13.1. The molecule has 1 atom stereocenters. The van der Waals surface area contributed by atoms with Gasteiger partial charge in [-0.3, -0.25) is 14.5 Å². The van der Waals surface area contributed by atoms with Crippen LogP contribution in [0.2, 0.25) is 0 Å². The Morgan fingerprint density at radius 2 is 1.83 bits per heavy atom. The summed E-state index contributed by atoms with van der Waals surface area (Å²) in [6, 6.07) is 16.2. The number of likely N-dealkylation sites (tertiary alicyclic amines) is 1. The number of nitrogens with zero attached hydrogens (tertiary/aromatic N) is 3. The summed E-state index contributed by atoms with van der Waals surface area (Å²) in [6.45, 7) is 3.48. The second-order valence-electron chi connectivity index (χ2n) is 9.67. The molecule has 8 nitrogen and oxygen atoms in total. The van der Waals surface area contributed by atoms with Gasteiger partial charge in [-0.25, -0.2) is 4.79 Å². The molecule has 2 aliphatic rings. The summed E-state index contributed by atoms with van der Waals surface area (Å²) >= 11 is 0. The van der Waals surface area contributed by atoms with Crippen LogP contribution in [0, 0.1) is 5.92 Å². The molecule has 2 aliphatic heterocycles. The second-order valence-corrected chi connectivity index (χ2v) is 9.67. The monoisotopic (exact) mass is 489 g/mol. The van der Waals surface area contributed by atoms with E-state index < -0.39 is 5.97 Å². The Labute approximate surface area is 210 Å². The zero-order chi connectivity index (χ0) is 25.2. The van der Waals surface area contributed by atoms with Crippen LogP contribution in [0.4, 0.5) is 0 Å². The molecule has 0 bridgehead atoms. The Hall–Kier alpha value is -3.65. The summed E-state index contributed by atoms with van der Waals surface area (Å²) < 4.78 is 12.7. The van der Waals surface area contributed by atoms with Gasteiger partial charge in [-0.1, -0.05) is 36.4 Å². The van der Waals surface area contributed by atoms with Crippen LogP contribution in [0.15, 0.2) is 53.3 Å². The quantitative estimate of drug-likeness (QED) is 0.496. The maximum Gasteiger partial charge on any atom is 0.343 e. The van der Waals surface area contributed by atoms with Gasteiger partial charge in [0.1, 0.15) is 11.3 Å². The van der Waals surface area contributed by atoms with Crippen molar-refractivity contribution >= 4 is 22.6 Å². The minimum Gasteiger partial charge on any atom is -0.492 e. The number of pyridine rings is 1. The molecule has 1 aromatic heterocycles. The van der Waals surface area contributed by atoms with Crippen LogP contribution in [0.5, 0.6) is 5.75 Å². The largest absolute Gasteiger partial charge is 0.492 e. The van der Waals surface area contributed by atoms with E-state index in [1.54, 1.807) is 16.5 Å².